The van der Waals surface area contributed by atoms with Crippen LogP contribution in [0.3, 0.4) is 0 Å². The molecular weight excluding hydrogens is 457 g/mol. The predicted octanol–water partition coefficient (Wildman–Crippen LogP) is 1.06. The number of halogens is 1. The van der Waals surface area contributed by atoms with Crippen molar-refractivity contribution in [1.82, 2.24) is 19.8 Å². The number of anilines is 1. The molecule has 4 heterocycles. The molecule has 0 aliphatic carbocycles. The van der Waals surface area contributed by atoms with E-state index in [1.165, 1.54) is 0 Å². The molecule has 0 radical (unpaired) electrons. The minimum Gasteiger partial charge on any atom is -0.368 e. The Morgan fingerprint density at radius 1 is 0.943 bits per heavy atom. The Kier molecular flexibility index (Phi) is 6.35. The summed E-state index contributed by atoms with van der Waals surface area (Å²) in [5.41, 5.74) is 1.47. The highest BCUT2D eigenvalue weighted by Crippen LogP contribution is 2.33. The number of hydrogen-bond donors (Lipinski definition) is 0. The molecule has 4 aliphatic heterocycles. The van der Waals surface area contributed by atoms with E-state index in [2.05, 4.69) is 9.80 Å². The van der Waals surface area contributed by atoms with Gasteiger partial charge in [-0.15, -0.1) is 5.06 Å². The second-order valence-corrected chi connectivity index (χ2v) is 9.83. The molecule has 0 saturated carbocycles. The molecule has 4 aliphatic rings. The molecule has 11 heteroatoms. The van der Waals surface area contributed by atoms with Gasteiger partial charge in [0, 0.05) is 89.9 Å². The zero-order valence-electron chi connectivity index (χ0n) is 19.8. The standard InChI is InChI=1S/C24H30FN5O5/c1-16(31)27-6-8-28(9-7-27)20-3-2-17(21(25)10-20)11-26-12-18-14-29(15-19(18)13-26)24(34)35-30-22(32)4-5-23(30)33/h2-3,10,18-19H,4-9,11-15H2,1H3. The number of likely N-dealkylation sites (tertiary alicyclic amines) is 2. The average Bonchev–Trinajstić information content (AvgIpc) is 3.49. The van der Waals surface area contributed by atoms with Crippen molar-refractivity contribution in [3.63, 3.8) is 0 Å². The van der Waals surface area contributed by atoms with Crippen molar-refractivity contribution in [1.29, 1.82) is 0 Å². The van der Waals surface area contributed by atoms with Gasteiger partial charge in [0.15, 0.2) is 0 Å². The van der Waals surface area contributed by atoms with Crippen LogP contribution >= 0.6 is 0 Å². The van der Waals surface area contributed by atoms with Gasteiger partial charge >= 0.3 is 6.09 Å². The van der Waals surface area contributed by atoms with Gasteiger partial charge in [-0.2, -0.15) is 0 Å². The van der Waals surface area contributed by atoms with Crippen molar-refractivity contribution in [2.24, 2.45) is 11.8 Å². The molecule has 4 fully saturated rings. The first-order chi connectivity index (χ1) is 16.8. The zero-order valence-corrected chi connectivity index (χ0v) is 19.8. The van der Waals surface area contributed by atoms with Crippen LogP contribution in [0, 0.1) is 17.7 Å². The molecule has 1 aromatic rings. The molecule has 0 aromatic heterocycles. The number of fused-ring (bicyclic) bond motifs is 1. The fourth-order valence-corrected chi connectivity index (χ4v) is 5.54. The molecule has 5 rings (SSSR count). The van der Waals surface area contributed by atoms with E-state index in [4.69, 9.17) is 4.84 Å². The van der Waals surface area contributed by atoms with E-state index in [0.29, 0.717) is 56.4 Å². The molecule has 0 spiro atoms. The van der Waals surface area contributed by atoms with Gasteiger partial charge < -0.3 is 19.5 Å². The summed E-state index contributed by atoms with van der Waals surface area (Å²) in [7, 11) is 0. The molecule has 4 saturated heterocycles. The molecule has 0 bridgehead atoms. The van der Waals surface area contributed by atoms with Crippen LogP contribution in [0.5, 0.6) is 0 Å². The van der Waals surface area contributed by atoms with Crippen molar-refractivity contribution in [2.45, 2.75) is 26.3 Å². The second kappa shape index (κ2) is 9.44. The molecule has 1 aromatic carbocycles. The lowest BCUT2D eigenvalue weighted by Gasteiger charge is -2.35. The summed E-state index contributed by atoms with van der Waals surface area (Å²) in [6.07, 6.45) is -0.527. The van der Waals surface area contributed by atoms with Gasteiger partial charge in [-0.1, -0.05) is 6.07 Å². The largest absolute Gasteiger partial charge is 0.434 e. The zero-order chi connectivity index (χ0) is 24.7. The van der Waals surface area contributed by atoms with E-state index < -0.39 is 17.9 Å². The number of imide groups is 1. The molecule has 0 N–H and O–H groups in total. The number of rotatable bonds is 4. The van der Waals surface area contributed by atoms with Crippen LogP contribution in [0.25, 0.3) is 0 Å². The van der Waals surface area contributed by atoms with Crippen LogP contribution in [0.1, 0.15) is 25.3 Å². The Balaban J connectivity index is 1.12. The van der Waals surface area contributed by atoms with Crippen LogP contribution in [0.15, 0.2) is 18.2 Å². The van der Waals surface area contributed by atoms with Crippen molar-refractivity contribution >= 4 is 29.5 Å². The summed E-state index contributed by atoms with van der Waals surface area (Å²) in [6.45, 7) is 7.19. The summed E-state index contributed by atoms with van der Waals surface area (Å²) in [5, 5.41) is 0.582. The number of nitrogens with zero attached hydrogens (tertiary/aromatic N) is 5. The number of amides is 4. The molecule has 188 valence electrons. The summed E-state index contributed by atoms with van der Waals surface area (Å²) < 4.78 is 14.9. The van der Waals surface area contributed by atoms with Crippen LogP contribution in [-0.2, 0) is 25.8 Å². The van der Waals surface area contributed by atoms with Crippen LogP contribution < -0.4 is 4.90 Å². The Morgan fingerprint density at radius 3 is 2.14 bits per heavy atom. The van der Waals surface area contributed by atoms with Crippen molar-refractivity contribution < 1.29 is 28.4 Å². The average molecular weight is 488 g/mol. The molecule has 35 heavy (non-hydrogen) atoms. The lowest BCUT2D eigenvalue weighted by Crippen LogP contribution is -2.48. The first-order valence-electron chi connectivity index (χ1n) is 12.1. The van der Waals surface area contributed by atoms with E-state index in [1.54, 1.807) is 22.8 Å². The fourth-order valence-electron chi connectivity index (χ4n) is 5.54. The van der Waals surface area contributed by atoms with Gasteiger partial charge in [0.05, 0.1) is 0 Å². The smallest absolute Gasteiger partial charge is 0.368 e. The normalized spacial score (nSPS) is 25.0. The second-order valence-electron chi connectivity index (χ2n) is 9.83. The van der Waals surface area contributed by atoms with Crippen LogP contribution in [0.4, 0.5) is 14.9 Å². The molecular formula is C24H30FN5O5. The SMILES string of the molecule is CC(=O)N1CCN(c2ccc(CN3CC4CN(C(=O)ON5C(=O)CCC5=O)CC4C3)c(F)c2)CC1. The van der Waals surface area contributed by atoms with E-state index in [9.17, 15) is 23.6 Å². The third-order valence-electron chi connectivity index (χ3n) is 7.52. The number of piperazine rings is 1. The highest BCUT2D eigenvalue weighted by Gasteiger charge is 2.43. The summed E-state index contributed by atoms with van der Waals surface area (Å²) in [5.74, 6) is -0.655. The van der Waals surface area contributed by atoms with Crippen molar-refractivity contribution in [2.75, 3.05) is 57.3 Å². The van der Waals surface area contributed by atoms with Gasteiger partial charge in [-0.25, -0.2) is 9.18 Å². The summed E-state index contributed by atoms with van der Waals surface area (Å²) >= 11 is 0. The summed E-state index contributed by atoms with van der Waals surface area (Å²) in [4.78, 5) is 60.0. The van der Waals surface area contributed by atoms with Gasteiger partial charge in [0.2, 0.25) is 5.91 Å². The number of benzene rings is 1. The topological polar surface area (TPSA) is 93.7 Å². The number of hydrogen-bond acceptors (Lipinski definition) is 7. The summed E-state index contributed by atoms with van der Waals surface area (Å²) in [6, 6.07) is 5.36. The first-order valence-corrected chi connectivity index (χ1v) is 12.1. The maximum Gasteiger partial charge on any atom is 0.434 e. The van der Waals surface area contributed by atoms with E-state index in [1.807, 2.05) is 12.1 Å². The maximum atomic E-state index is 14.9. The highest BCUT2D eigenvalue weighted by molar-refractivity contribution is 6.01. The molecule has 10 nitrogen and oxygen atoms in total. The Morgan fingerprint density at radius 2 is 1.57 bits per heavy atom. The lowest BCUT2D eigenvalue weighted by molar-refractivity contribution is -0.173. The third-order valence-corrected chi connectivity index (χ3v) is 7.52. The molecule has 4 amide bonds. The van der Waals surface area contributed by atoms with E-state index >= 15 is 0 Å². The molecule has 2 atom stereocenters. The number of hydroxylamine groups is 2. The van der Waals surface area contributed by atoms with Crippen LogP contribution in [0.2, 0.25) is 0 Å². The predicted molar refractivity (Wildman–Crippen MR) is 122 cm³/mol. The quantitative estimate of drug-likeness (QED) is 0.587. The van der Waals surface area contributed by atoms with Crippen molar-refractivity contribution in [3.8, 4) is 0 Å². The minimum atomic E-state index is -0.666. The van der Waals surface area contributed by atoms with E-state index in [0.717, 1.165) is 18.8 Å². The van der Waals surface area contributed by atoms with Crippen molar-refractivity contribution in [3.05, 3.63) is 29.6 Å². The highest BCUT2D eigenvalue weighted by atomic mass is 19.1. The van der Waals surface area contributed by atoms with Gasteiger partial charge in [-0.05, 0) is 24.0 Å². The molecule has 2 unspecified atom stereocenters. The number of carbonyl (C=O) groups excluding carboxylic acids is 4. The van der Waals surface area contributed by atoms with Gasteiger partial charge in [-0.3, -0.25) is 19.3 Å². The van der Waals surface area contributed by atoms with Gasteiger partial charge in [0.25, 0.3) is 11.8 Å². The van der Waals surface area contributed by atoms with E-state index in [-0.39, 0.29) is 36.4 Å². The third kappa shape index (κ3) is 4.82. The number of carbonyl (C=O) groups is 4. The maximum absolute atomic E-state index is 14.9. The Labute approximate surface area is 203 Å². The first kappa shape index (κ1) is 23.5. The minimum absolute atomic E-state index is 0.0679. The Bertz CT molecular complexity index is 1010. The van der Waals surface area contributed by atoms with Gasteiger partial charge in [0.1, 0.15) is 5.82 Å². The lowest BCUT2D eigenvalue weighted by atomic mass is 10.0. The Hall–Kier alpha value is -3.21. The van der Waals surface area contributed by atoms with Crippen LogP contribution in [-0.4, -0.2) is 95.9 Å². The fraction of sp³-hybridized carbons (Fsp3) is 0.583. The monoisotopic (exact) mass is 487 g/mol.